The number of fused-ring (bicyclic) bond motifs is 1. The average Bonchev–Trinajstić information content (AvgIpc) is 3.31. The second-order valence-corrected chi connectivity index (χ2v) is 9.81. The Morgan fingerprint density at radius 2 is 1.76 bits per heavy atom. The number of benzene rings is 2. The second kappa shape index (κ2) is 10.6. The van der Waals surface area contributed by atoms with E-state index >= 15 is 0 Å². The highest BCUT2D eigenvalue weighted by molar-refractivity contribution is 7.10. The van der Waals surface area contributed by atoms with Gasteiger partial charge in [0, 0.05) is 24.0 Å². The van der Waals surface area contributed by atoms with Crippen LogP contribution in [0.4, 0.5) is 0 Å². The minimum Gasteiger partial charge on any atom is -0.330 e. The van der Waals surface area contributed by atoms with E-state index < -0.39 is 0 Å². The molecular formula is C28H30N2O2S. The summed E-state index contributed by atoms with van der Waals surface area (Å²) < 4.78 is 0. The molecule has 1 unspecified atom stereocenters. The van der Waals surface area contributed by atoms with Gasteiger partial charge in [0.1, 0.15) is 6.54 Å². The summed E-state index contributed by atoms with van der Waals surface area (Å²) in [6.07, 6.45) is 4.24. The van der Waals surface area contributed by atoms with Crippen molar-refractivity contribution in [2.75, 3.05) is 19.6 Å². The fraction of sp³-hybridized carbons (Fsp3) is 0.286. The Morgan fingerprint density at radius 1 is 1.06 bits per heavy atom. The van der Waals surface area contributed by atoms with Gasteiger partial charge in [-0.1, -0.05) is 74.5 Å². The minimum atomic E-state index is -0.134. The zero-order chi connectivity index (χ0) is 23.2. The van der Waals surface area contributed by atoms with Crippen LogP contribution in [0.25, 0.3) is 6.08 Å². The number of thiophene rings is 1. The molecule has 0 aliphatic carbocycles. The smallest absolute Gasteiger partial charge is 0.247 e. The van der Waals surface area contributed by atoms with E-state index in [1.165, 1.54) is 10.4 Å². The van der Waals surface area contributed by atoms with E-state index in [1.807, 2.05) is 59.5 Å². The van der Waals surface area contributed by atoms with Crippen LogP contribution in [0.5, 0.6) is 0 Å². The first-order chi connectivity index (χ1) is 16.0. The van der Waals surface area contributed by atoms with Gasteiger partial charge in [0.05, 0.1) is 6.04 Å². The largest absolute Gasteiger partial charge is 0.330 e. The standard InChI is InChI=1S/C28H30N2O2S/c1-21(2)19-29(26(31)14-13-22-9-5-3-6-10-22)20-27(32)30-17-15-25-24(16-18-33-25)28(30)23-11-7-4-8-12-23/h3-14,16,18,21,28H,15,17,19-20H2,1-2H3/b14-13+. The quantitative estimate of drug-likeness (QED) is 0.444. The molecule has 0 fully saturated rings. The van der Waals surface area contributed by atoms with Crippen LogP contribution < -0.4 is 0 Å². The lowest BCUT2D eigenvalue weighted by atomic mass is 9.93. The van der Waals surface area contributed by atoms with Crippen LogP contribution in [0.3, 0.4) is 0 Å². The van der Waals surface area contributed by atoms with Crippen molar-refractivity contribution in [3.8, 4) is 0 Å². The van der Waals surface area contributed by atoms with E-state index in [1.54, 1.807) is 22.3 Å². The Kier molecular flexibility index (Phi) is 7.40. The zero-order valence-corrected chi connectivity index (χ0v) is 20.0. The van der Waals surface area contributed by atoms with E-state index in [-0.39, 0.29) is 30.3 Å². The van der Waals surface area contributed by atoms with Gasteiger partial charge in [0.25, 0.3) is 0 Å². The fourth-order valence-corrected chi connectivity index (χ4v) is 5.25. The number of amides is 2. The molecule has 3 aromatic rings. The van der Waals surface area contributed by atoms with Crippen LogP contribution in [-0.4, -0.2) is 41.2 Å². The molecule has 1 aliphatic heterocycles. The van der Waals surface area contributed by atoms with E-state index in [9.17, 15) is 9.59 Å². The van der Waals surface area contributed by atoms with E-state index in [4.69, 9.17) is 0 Å². The summed E-state index contributed by atoms with van der Waals surface area (Å²) in [4.78, 5) is 31.6. The van der Waals surface area contributed by atoms with Gasteiger partial charge in [-0.05, 0) is 46.6 Å². The van der Waals surface area contributed by atoms with E-state index in [0.717, 1.165) is 17.5 Å². The summed E-state index contributed by atoms with van der Waals surface area (Å²) in [7, 11) is 0. The Balaban J connectivity index is 1.55. The Bertz CT molecular complexity index is 1110. The number of hydrogen-bond acceptors (Lipinski definition) is 3. The molecule has 33 heavy (non-hydrogen) atoms. The van der Waals surface area contributed by atoms with Crippen molar-refractivity contribution in [1.29, 1.82) is 0 Å². The van der Waals surface area contributed by atoms with Crippen LogP contribution in [0.2, 0.25) is 0 Å². The SMILES string of the molecule is CC(C)CN(CC(=O)N1CCc2sccc2C1c1ccccc1)C(=O)/C=C/c1ccccc1. The Labute approximate surface area is 200 Å². The minimum absolute atomic E-state index is 0.0113. The predicted octanol–water partition coefficient (Wildman–Crippen LogP) is 5.42. The second-order valence-electron chi connectivity index (χ2n) is 8.81. The molecule has 0 N–H and O–H groups in total. The van der Waals surface area contributed by atoms with Gasteiger partial charge in [-0.2, -0.15) is 0 Å². The van der Waals surface area contributed by atoms with Crippen molar-refractivity contribution >= 4 is 29.2 Å². The van der Waals surface area contributed by atoms with Gasteiger partial charge in [-0.15, -0.1) is 11.3 Å². The Morgan fingerprint density at radius 3 is 2.45 bits per heavy atom. The van der Waals surface area contributed by atoms with E-state index in [0.29, 0.717) is 13.1 Å². The summed E-state index contributed by atoms with van der Waals surface area (Å²) in [5, 5.41) is 2.11. The van der Waals surface area contributed by atoms with Crippen LogP contribution in [-0.2, 0) is 16.0 Å². The summed E-state index contributed by atoms with van der Waals surface area (Å²) >= 11 is 1.76. The predicted molar refractivity (Wildman–Crippen MR) is 135 cm³/mol. The van der Waals surface area contributed by atoms with Crippen molar-refractivity contribution in [1.82, 2.24) is 9.80 Å². The maximum absolute atomic E-state index is 13.6. The van der Waals surface area contributed by atoms with Crippen molar-refractivity contribution in [2.24, 2.45) is 5.92 Å². The molecule has 4 rings (SSSR count). The van der Waals surface area contributed by atoms with Gasteiger partial charge in [0.15, 0.2) is 0 Å². The maximum Gasteiger partial charge on any atom is 0.247 e. The maximum atomic E-state index is 13.6. The van der Waals surface area contributed by atoms with Crippen molar-refractivity contribution in [3.63, 3.8) is 0 Å². The molecule has 2 heterocycles. The number of nitrogens with zero attached hydrogens (tertiary/aromatic N) is 2. The first kappa shape index (κ1) is 23.0. The number of carbonyl (C=O) groups is 2. The third kappa shape index (κ3) is 5.60. The number of carbonyl (C=O) groups excluding carboxylic acids is 2. The lowest BCUT2D eigenvalue weighted by Crippen LogP contribution is -2.47. The first-order valence-electron chi connectivity index (χ1n) is 11.5. The molecule has 2 aromatic carbocycles. The molecule has 0 saturated heterocycles. The van der Waals surface area contributed by atoms with Crippen molar-refractivity contribution in [2.45, 2.75) is 26.3 Å². The summed E-state index contributed by atoms with van der Waals surface area (Å²) in [6, 6.07) is 22.0. The van der Waals surface area contributed by atoms with Gasteiger partial charge >= 0.3 is 0 Å². The first-order valence-corrected chi connectivity index (χ1v) is 12.3. The van der Waals surface area contributed by atoms with Crippen LogP contribution in [0, 0.1) is 5.92 Å². The molecule has 1 atom stereocenters. The molecule has 4 nitrogen and oxygen atoms in total. The molecule has 0 saturated carbocycles. The number of hydrogen-bond donors (Lipinski definition) is 0. The third-order valence-corrected chi connectivity index (χ3v) is 6.84. The highest BCUT2D eigenvalue weighted by Gasteiger charge is 2.33. The molecular weight excluding hydrogens is 428 g/mol. The summed E-state index contributed by atoms with van der Waals surface area (Å²) in [5.74, 6) is 0.120. The van der Waals surface area contributed by atoms with Gasteiger partial charge in [0.2, 0.25) is 11.8 Å². The summed E-state index contributed by atoms with van der Waals surface area (Å²) in [5.41, 5.74) is 3.28. The van der Waals surface area contributed by atoms with Crippen molar-refractivity contribution < 1.29 is 9.59 Å². The van der Waals surface area contributed by atoms with Gasteiger partial charge in [-0.25, -0.2) is 0 Å². The molecule has 0 radical (unpaired) electrons. The lowest BCUT2D eigenvalue weighted by molar-refractivity contribution is -0.140. The molecule has 1 aromatic heterocycles. The average molecular weight is 459 g/mol. The van der Waals surface area contributed by atoms with Crippen LogP contribution >= 0.6 is 11.3 Å². The molecule has 0 spiro atoms. The normalized spacial score (nSPS) is 15.6. The van der Waals surface area contributed by atoms with Gasteiger partial charge < -0.3 is 9.80 Å². The highest BCUT2D eigenvalue weighted by Crippen LogP contribution is 2.37. The lowest BCUT2D eigenvalue weighted by Gasteiger charge is -2.37. The molecule has 1 aliphatic rings. The van der Waals surface area contributed by atoms with Crippen LogP contribution in [0.1, 0.15) is 41.5 Å². The molecule has 2 amide bonds. The third-order valence-electron chi connectivity index (χ3n) is 5.84. The monoisotopic (exact) mass is 458 g/mol. The van der Waals surface area contributed by atoms with Crippen LogP contribution in [0.15, 0.2) is 78.2 Å². The van der Waals surface area contributed by atoms with E-state index in [2.05, 4.69) is 37.4 Å². The Hall–Kier alpha value is -3.18. The van der Waals surface area contributed by atoms with Gasteiger partial charge in [-0.3, -0.25) is 9.59 Å². The highest BCUT2D eigenvalue weighted by atomic mass is 32.1. The fourth-order valence-electron chi connectivity index (χ4n) is 4.34. The molecule has 5 heteroatoms. The van der Waals surface area contributed by atoms with Crippen molar-refractivity contribution in [3.05, 3.63) is 99.8 Å². The molecule has 0 bridgehead atoms. The number of rotatable bonds is 7. The molecule has 170 valence electrons. The zero-order valence-electron chi connectivity index (χ0n) is 19.2. The topological polar surface area (TPSA) is 40.6 Å². The summed E-state index contributed by atoms with van der Waals surface area (Å²) in [6.45, 7) is 5.42.